The van der Waals surface area contributed by atoms with Crippen LogP contribution >= 0.6 is 23.8 Å². The number of benzene rings is 2. The van der Waals surface area contributed by atoms with Crippen LogP contribution in [0.3, 0.4) is 0 Å². The largest absolute Gasteiger partial charge is 0.319 e. The second-order valence-electron chi connectivity index (χ2n) is 4.15. The van der Waals surface area contributed by atoms with Gasteiger partial charge in [0.15, 0.2) is 4.77 Å². The summed E-state index contributed by atoms with van der Waals surface area (Å²) in [4.78, 5) is 0. The van der Waals surface area contributed by atoms with Gasteiger partial charge in [0.25, 0.3) is 0 Å². The summed E-state index contributed by atoms with van der Waals surface area (Å²) in [5.41, 5.74) is 3.16. The van der Waals surface area contributed by atoms with E-state index in [0.29, 0.717) is 5.02 Å². The number of hydrogen-bond donors (Lipinski definition) is 0. The van der Waals surface area contributed by atoms with Gasteiger partial charge in [0.1, 0.15) is 0 Å². The molecule has 0 N–H and O–H groups in total. The summed E-state index contributed by atoms with van der Waals surface area (Å²) in [6, 6.07) is 15.9. The van der Waals surface area contributed by atoms with Gasteiger partial charge >= 0.3 is 0 Å². The lowest BCUT2D eigenvalue weighted by molar-refractivity contribution is 0.886. The molecule has 90 valence electrons. The number of hydrogen-bond acceptors (Lipinski definition) is 1. The minimum Gasteiger partial charge on any atom is -0.319 e. The number of fused-ring (bicyclic) bond motifs is 1. The first kappa shape index (κ1) is 11.5. The highest BCUT2D eigenvalue weighted by Crippen LogP contribution is 2.24. The highest BCUT2D eigenvalue weighted by molar-refractivity contribution is 7.71. The van der Waals surface area contributed by atoms with E-state index < -0.39 is 0 Å². The van der Waals surface area contributed by atoms with Gasteiger partial charge in [0, 0.05) is 17.8 Å². The maximum Gasteiger partial charge on any atom is 0.185 e. The van der Waals surface area contributed by atoms with E-state index in [9.17, 15) is 0 Å². The highest BCUT2D eigenvalue weighted by atomic mass is 35.5. The predicted molar refractivity (Wildman–Crippen MR) is 78.1 cm³/mol. The first-order valence-electron chi connectivity index (χ1n) is 5.61. The zero-order chi connectivity index (χ0) is 12.7. The molecule has 2 aromatic carbocycles. The van der Waals surface area contributed by atoms with Crippen LogP contribution < -0.4 is 0 Å². The molecule has 3 aromatic rings. The maximum absolute atomic E-state index is 6.08. The first-order chi connectivity index (χ1) is 8.68. The minimum atomic E-state index is 0.716. The molecule has 18 heavy (non-hydrogen) atoms. The molecule has 0 unspecified atom stereocenters. The van der Waals surface area contributed by atoms with E-state index >= 15 is 0 Å². The van der Waals surface area contributed by atoms with Gasteiger partial charge in [-0.2, -0.15) is 0 Å². The quantitative estimate of drug-likeness (QED) is 0.600. The molecular formula is C14H11ClN2S. The van der Waals surface area contributed by atoms with E-state index in [1.807, 2.05) is 64.7 Å². The van der Waals surface area contributed by atoms with E-state index in [4.69, 9.17) is 23.8 Å². The molecule has 0 saturated carbocycles. The second kappa shape index (κ2) is 4.26. The molecule has 0 saturated heterocycles. The molecule has 0 radical (unpaired) electrons. The Morgan fingerprint density at radius 1 is 1.00 bits per heavy atom. The fraction of sp³-hybridized carbons (Fsp3) is 0.0714. The molecular weight excluding hydrogens is 264 g/mol. The number of nitrogens with zero attached hydrogens (tertiary/aromatic N) is 2. The van der Waals surface area contributed by atoms with Gasteiger partial charge in [0.2, 0.25) is 0 Å². The predicted octanol–water partition coefficient (Wildman–Crippen LogP) is 4.35. The third kappa shape index (κ3) is 1.67. The molecule has 0 fully saturated rings. The molecule has 3 rings (SSSR count). The molecule has 0 atom stereocenters. The van der Waals surface area contributed by atoms with E-state index in [2.05, 4.69) is 0 Å². The number of aryl methyl sites for hydroxylation is 1. The smallest absolute Gasteiger partial charge is 0.185 e. The van der Waals surface area contributed by atoms with Crippen molar-refractivity contribution in [1.29, 1.82) is 0 Å². The zero-order valence-electron chi connectivity index (χ0n) is 9.80. The van der Waals surface area contributed by atoms with Crippen molar-refractivity contribution in [1.82, 2.24) is 9.13 Å². The third-order valence-corrected chi connectivity index (χ3v) is 3.72. The average molecular weight is 275 g/mol. The fourth-order valence-corrected chi connectivity index (χ4v) is 2.61. The van der Waals surface area contributed by atoms with Gasteiger partial charge in [-0.3, -0.25) is 4.57 Å². The summed E-state index contributed by atoms with van der Waals surface area (Å²) >= 11 is 11.6. The van der Waals surface area contributed by atoms with Crippen molar-refractivity contribution in [3.63, 3.8) is 0 Å². The second-order valence-corrected chi connectivity index (χ2v) is 4.95. The Hall–Kier alpha value is -1.58. The van der Waals surface area contributed by atoms with Gasteiger partial charge in [0.05, 0.1) is 11.0 Å². The van der Waals surface area contributed by atoms with Crippen LogP contribution in [0, 0.1) is 4.77 Å². The normalized spacial score (nSPS) is 11.0. The van der Waals surface area contributed by atoms with Crippen molar-refractivity contribution in [3.8, 4) is 5.69 Å². The standard InChI is InChI=1S/C14H11ClN2S/c1-16-12-8-7-10(15)9-13(12)17(14(16)18)11-5-3-2-4-6-11/h2-9H,1H3. The van der Waals surface area contributed by atoms with Crippen LogP contribution in [-0.4, -0.2) is 9.13 Å². The van der Waals surface area contributed by atoms with Crippen LogP contribution in [-0.2, 0) is 7.05 Å². The van der Waals surface area contributed by atoms with Crippen LogP contribution in [0.5, 0.6) is 0 Å². The Labute approximate surface area is 115 Å². The Morgan fingerprint density at radius 2 is 1.72 bits per heavy atom. The minimum absolute atomic E-state index is 0.716. The van der Waals surface area contributed by atoms with Gasteiger partial charge in [-0.15, -0.1) is 0 Å². The lowest BCUT2D eigenvalue weighted by Gasteiger charge is -2.03. The lowest BCUT2D eigenvalue weighted by atomic mass is 10.3. The molecule has 1 aromatic heterocycles. The molecule has 0 aliphatic rings. The van der Waals surface area contributed by atoms with Gasteiger partial charge in [-0.05, 0) is 42.5 Å². The number of rotatable bonds is 1. The Balaban J connectivity index is 2.46. The zero-order valence-corrected chi connectivity index (χ0v) is 11.4. The van der Waals surface area contributed by atoms with Crippen LogP contribution in [0.4, 0.5) is 0 Å². The van der Waals surface area contributed by atoms with Gasteiger partial charge in [-0.1, -0.05) is 29.8 Å². The molecule has 0 bridgehead atoms. The molecule has 0 spiro atoms. The Morgan fingerprint density at radius 3 is 2.44 bits per heavy atom. The molecule has 0 amide bonds. The maximum atomic E-state index is 6.08. The molecule has 0 aliphatic carbocycles. The van der Waals surface area contributed by atoms with Crippen molar-refractivity contribution >= 4 is 34.9 Å². The summed E-state index contributed by atoms with van der Waals surface area (Å²) in [7, 11) is 1.97. The van der Waals surface area contributed by atoms with E-state index in [-0.39, 0.29) is 0 Å². The van der Waals surface area contributed by atoms with Crippen LogP contribution in [0.1, 0.15) is 0 Å². The Bertz CT molecular complexity index is 772. The van der Waals surface area contributed by atoms with Crippen molar-refractivity contribution in [2.24, 2.45) is 7.05 Å². The summed E-state index contributed by atoms with van der Waals surface area (Å²) in [5.74, 6) is 0. The number of aromatic nitrogens is 2. The molecule has 0 aliphatic heterocycles. The molecule has 4 heteroatoms. The average Bonchev–Trinajstić information content (AvgIpc) is 2.63. The van der Waals surface area contributed by atoms with Crippen molar-refractivity contribution in [2.75, 3.05) is 0 Å². The number of para-hydroxylation sites is 1. The summed E-state index contributed by atoms with van der Waals surface area (Å²) in [5, 5.41) is 0.716. The van der Waals surface area contributed by atoms with Crippen molar-refractivity contribution in [2.45, 2.75) is 0 Å². The highest BCUT2D eigenvalue weighted by Gasteiger charge is 2.09. The van der Waals surface area contributed by atoms with Gasteiger partial charge in [-0.25, -0.2) is 0 Å². The third-order valence-electron chi connectivity index (χ3n) is 3.03. The Kier molecular flexibility index (Phi) is 2.73. The first-order valence-corrected chi connectivity index (χ1v) is 6.39. The monoisotopic (exact) mass is 274 g/mol. The van der Waals surface area contributed by atoms with Crippen LogP contribution in [0.2, 0.25) is 5.02 Å². The van der Waals surface area contributed by atoms with Crippen molar-refractivity contribution < 1.29 is 0 Å². The fourth-order valence-electron chi connectivity index (χ4n) is 2.14. The van der Waals surface area contributed by atoms with Crippen molar-refractivity contribution in [3.05, 3.63) is 58.3 Å². The van der Waals surface area contributed by atoms with Crippen LogP contribution in [0.25, 0.3) is 16.7 Å². The van der Waals surface area contributed by atoms with Crippen LogP contribution in [0.15, 0.2) is 48.5 Å². The number of imidazole rings is 1. The summed E-state index contributed by atoms with van der Waals surface area (Å²) < 4.78 is 4.79. The lowest BCUT2D eigenvalue weighted by Crippen LogP contribution is -1.95. The number of halogens is 1. The SMILES string of the molecule is Cn1c(=S)n(-c2ccccc2)c2cc(Cl)ccc21. The topological polar surface area (TPSA) is 9.86 Å². The molecule has 1 heterocycles. The molecule has 2 nitrogen and oxygen atoms in total. The summed E-state index contributed by atoms with van der Waals surface area (Å²) in [6.07, 6.45) is 0. The van der Waals surface area contributed by atoms with Gasteiger partial charge < -0.3 is 4.57 Å². The van der Waals surface area contributed by atoms with E-state index in [1.54, 1.807) is 0 Å². The van der Waals surface area contributed by atoms with E-state index in [0.717, 1.165) is 21.5 Å². The summed E-state index contributed by atoms with van der Waals surface area (Å²) in [6.45, 7) is 0. The van der Waals surface area contributed by atoms with E-state index in [1.165, 1.54) is 0 Å².